The fourth-order valence-electron chi connectivity index (χ4n) is 3.95. The van der Waals surface area contributed by atoms with Gasteiger partial charge in [-0.2, -0.15) is 5.10 Å². The minimum Gasteiger partial charge on any atom is -0.377 e. The summed E-state index contributed by atoms with van der Waals surface area (Å²) < 4.78 is 13.5. The third-order valence-electron chi connectivity index (χ3n) is 5.44. The van der Waals surface area contributed by atoms with Gasteiger partial charge in [0.1, 0.15) is 11.9 Å². The summed E-state index contributed by atoms with van der Waals surface area (Å²) in [6.45, 7) is 2.42. The molecule has 0 bridgehead atoms. The molecular weight excluding hydrogens is 374 g/mol. The smallest absolute Gasteiger partial charge is 0.266 e. The van der Waals surface area contributed by atoms with Crippen molar-refractivity contribution in [2.45, 2.75) is 43.9 Å². The molecule has 0 aliphatic carbocycles. The predicted molar refractivity (Wildman–Crippen MR) is 103 cm³/mol. The minimum atomic E-state index is -0.523. The molecular formula is C20H25N5O4. The highest BCUT2D eigenvalue weighted by Gasteiger charge is 2.44. The highest BCUT2D eigenvalue weighted by molar-refractivity contribution is 5.76. The molecule has 2 atom stereocenters. The molecule has 2 saturated heterocycles. The number of ether oxygens (including phenoxy) is 2. The molecule has 154 valence electrons. The van der Waals surface area contributed by atoms with Gasteiger partial charge in [-0.15, -0.1) is 0 Å². The minimum absolute atomic E-state index is 0.0757. The first-order valence-electron chi connectivity index (χ1n) is 9.93. The zero-order chi connectivity index (χ0) is 20.1. The normalized spacial score (nSPS) is 24.6. The molecule has 0 radical (unpaired) electrons. The van der Waals surface area contributed by atoms with Crippen molar-refractivity contribution < 1.29 is 14.3 Å². The van der Waals surface area contributed by atoms with E-state index in [4.69, 9.17) is 9.47 Å². The number of aryl methyl sites for hydroxylation is 1. The highest BCUT2D eigenvalue weighted by Crippen LogP contribution is 2.33. The summed E-state index contributed by atoms with van der Waals surface area (Å²) in [4.78, 5) is 34.5. The van der Waals surface area contributed by atoms with Crippen LogP contribution < -0.4 is 5.56 Å². The summed E-state index contributed by atoms with van der Waals surface area (Å²) in [5, 5.41) is 4.11. The Morgan fingerprint density at radius 3 is 3.00 bits per heavy atom. The number of carbonyl (C=O) groups is 1. The first kappa shape index (κ1) is 19.7. The van der Waals surface area contributed by atoms with Gasteiger partial charge in [0, 0.05) is 37.6 Å². The summed E-state index contributed by atoms with van der Waals surface area (Å²) in [7, 11) is 0. The number of aromatic nitrogens is 4. The van der Waals surface area contributed by atoms with Crippen molar-refractivity contribution in [2.24, 2.45) is 0 Å². The number of hydrogen-bond acceptors (Lipinski definition) is 7. The zero-order valence-corrected chi connectivity index (χ0v) is 16.3. The number of nitrogens with zero attached hydrogens (tertiary/aromatic N) is 5. The van der Waals surface area contributed by atoms with Gasteiger partial charge in [-0.25, -0.2) is 14.6 Å². The molecule has 29 heavy (non-hydrogen) atoms. The van der Waals surface area contributed by atoms with Crippen molar-refractivity contribution in [3.63, 3.8) is 0 Å². The summed E-state index contributed by atoms with van der Waals surface area (Å²) in [6, 6.07) is 3.12. The number of carbonyl (C=O) groups excluding carboxylic acids is 1. The van der Waals surface area contributed by atoms with Crippen LogP contribution in [0.2, 0.25) is 0 Å². The van der Waals surface area contributed by atoms with Crippen LogP contribution in [-0.4, -0.2) is 68.6 Å². The molecule has 2 aromatic rings. The van der Waals surface area contributed by atoms with Crippen LogP contribution in [0.4, 0.5) is 0 Å². The second-order valence-electron chi connectivity index (χ2n) is 7.62. The third kappa shape index (κ3) is 4.86. The topological polar surface area (TPSA) is 99.4 Å². The average molecular weight is 399 g/mol. The largest absolute Gasteiger partial charge is 0.377 e. The maximum atomic E-state index is 12.8. The van der Waals surface area contributed by atoms with Crippen molar-refractivity contribution in [3.05, 3.63) is 53.0 Å². The lowest BCUT2D eigenvalue weighted by molar-refractivity contribution is -0.136. The number of hydrogen-bond donors (Lipinski definition) is 0. The van der Waals surface area contributed by atoms with E-state index in [1.807, 2.05) is 4.90 Å². The van der Waals surface area contributed by atoms with Crippen molar-refractivity contribution in [1.29, 1.82) is 0 Å². The van der Waals surface area contributed by atoms with Gasteiger partial charge in [-0.05, 0) is 30.9 Å². The molecule has 2 aliphatic heterocycles. The van der Waals surface area contributed by atoms with E-state index in [9.17, 15) is 9.59 Å². The van der Waals surface area contributed by atoms with Gasteiger partial charge in [0.15, 0.2) is 0 Å². The Morgan fingerprint density at radius 2 is 2.17 bits per heavy atom. The molecule has 2 fully saturated rings. The molecule has 0 saturated carbocycles. The lowest BCUT2D eigenvalue weighted by Gasteiger charge is -2.32. The maximum absolute atomic E-state index is 12.8. The molecule has 9 heteroatoms. The Labute approximate surface area is 168 Å². The lowest BCUT2D eigenvalue weighted by Crippen LogP contribution is -2.47. The summed E-state index contributed by atoms with van der Waals surface area (Å²) in [6.07, 6.45) is 9.02. The van der Waals surface area contributed by atoms with Crippen molar-refractivity contribution >= 4 is 5.91 Å². The van der Waals surface area contributed by atoms with E-state index in [0.717, 1.165) is 18.4 Å². The van der Waals surface area contributed by atoms with E-state index in [1.54, 1.807) is 24.7 Å². The Kier molecular flexibility index (Phi) is 5.96. The van der Waals surface area contributed by atoms with Gasteiger partial charge in [-0.1, -0.05) is 0 Å². The number of rotatable bonds is 5. The molecule has 4 heterocycles. The Morgan fingerprint density at radius 1 is 1.31 bits per heavy atom. The molecule has 2 unspecified atom stereocenters. The Balaban J connectivity index is 1.37. The van der Waals surface area contributed by atoms with E-state index in [-0.39, 0.29) is 17.6 Å². The van der Waals surface area contributed by atoms with Crippen LogP contribution in [-0.2, 0) is 27.2 Å². The Bertz CT molecular complexity index is 890. The predicted octanol–water partition coefficient (Wildman–Crippen LogP) is 0.443. The molecule has 1 amide bonds. The second-order valence-corrected chi connectivity index (χ2v) is 7.62. The first-order chi connectivity index (χ1) is 14.1. The first-order valence-corrected chi connectivity index (χ1v) is 9.93. The molecule has 0 aromatic carbocycles. The van der Waals surface area contributed by atoms with Crippen LogP contribution in [0.1, 0.15) is 24.8 Å². The van der Waals surface area contributed by atoms with Crippen LogP contribution >= 0.6 is 0 Å². The van der Waals surface area contributed by atoms with E-state index in [2.05, 4.69) is 15.1 Å². The molecule has 4 rings (SSSR count). The SMILES string of the molecule is O=C(CCc1cncnc1)N1CCOCC2(CCC(Cn3ncccc3=O)O2)C1. The number of amides is 1. The molecule has 1 spiro atoms. The van der Waals surface area contributed by atoms with Crippen molar-refractivity contribution in [2.75, 3.05) is 26.3 Å². The van der Waals surface area contributed by atoms with Crippen LogP contribution in [0.5, 0.6) is 0 Å². The highest BCUT2D eigenvalue weighted by atomic mass is 16.6. The second kappa shape index (κ2) is 8.79. The van der Waals surface area contributed by atoms with Crippen molar-refractivity contribution in [1.82, 2.24) is 24.6 Å². The van der Waals surface area contributed by atoms with E-state index < -0.39 is 5.60 Å². The lowest BCUT2D eigenvalue weighted by atomic mass is 9.99. The van der Waals surface area contributed by atoms with E-state index in [1.165, 1.54) is 17.1 Å². The average Bonchev–Trinajstić information content (AvgIpc) is 3.00. The van der Waals surface area contributed by atoms with Crippen LogP contribution in [0.15, 0.2) is 41.8 Å². The van der Waals surface area contributed by atoms with Crippen LogP contribution in [0.25, 0.3) is 0 Å². The molecule has 2 aliphatic rings. The monoisotopic (exact) mass is 399 g/mol. The van der Waals surface area contributed by atoms with E-state index >= 15 is 0 Å². The fraction of sp³-hybridized carbons (Fsp3) is 0.550. The molecule has 2 aromatic heterocycles. The van der Waals surface area contributed by atoms with Crippen LogP contribution in [0.3, 0.4) is 0 Å². The van der Waals surface area contributed by atoms with Gasteiger partial charge in [0.2, 0.25) is 5.91 Å². The quantitative estimate of drug-likeness (QED) is 0.719. The summed E-state index contributed by atoms with van der Waals surface area (Å²) >= 11 is 0. The maximum Gasteiger partial charge on any atom is 0.266 e. The van der Waals surface area contributed by atoms with Gasteiger partial charge < -0.3 is 14.4 Å². The molecule has 0 N–H and O–H groups in total. The fourth-order valence-corrected chi connectivity index (χ4v) is 3.95. The van der Waals surface area contributed by atoms with Gasteiger partial charge in [-0.3, -0.25) is 9.59 Å². The van der Waals surface area contributed by atoms with Gasteiger partial charge in [0.05, 0.1) is 32.4 Å². The zero-order valence-electron chi connectivity index (χ0n) is 16.3. The Hall–Kier alpha value is -2.65. The summed E-state index contributed by atoms with van der Waals surface area (Å²) in [5.41, 5.74) is 0.279. The third-order valence-corrected chi connectivity index (χ3v) is 5.44. The van der Waals surface area contributed by atoms with E-state index in [0.29, 0.717) is 45.7 Å². The van der Waals surface area contributed by atoms with Crippen molar-refractivity contribution in [3.8, 4) is 0 Å². The van der Waals surface area contributed by atoms with Gasteiger partial charge in [0.25, 0.3) is 5.56 Å². The summed E-state index contributed by atoms with van der Waals surface area (Å²) in [5.74, 6) is 0.0757. The standard InChI is InChI=1S/C20H25N5O4/c26-18(4-3-16-10-21-15-22-11-16)24-8-9-28-14-20(13-24)6-5-17(29-20)12-25-19(27)2-1-7-23-25/h1-2,7,10-11,15,17H,3-6,8-9,12-14H2. The van der Waals surface area contributed by atoms with Crippen LogP contribution in [0, 0.1) is 0 Å². The van der Waals surface area contributed by atoms with Gasteiger partial charge >= 0.3 is 0 Å². The molecule has 9 nitrogen and oxygen atoms in total.